The van der Waals surface area contributed by atoms with Crippen LogP contribution in [0, 0.1) is 5.92 Å². The largest absolute Gasteiger partial charge is 1.00 e. The van der Waals surface area contributed by atoms with Crippen molar-refractivity contribution in [1.82, 2.24) is 5.32 Å². The van der Waals surface area contributed by atoms with Crippen molar-refractivity contribution >= 4 is 22.3 Å². The van der Waals surface area contributed by atoms with Gasteiger partial charge in [0, 0.05) is 18.9 Å². The van der Waals surface area contributed by atoms with E-state index in [1.165, 1.54) is 14.0 Å². The summed E-state index contributed by atoms with van der Waals surface area (Å²) >= 11 is 0. The number of aliphatic hydroxyl groups is 7. The molecule has 1 saturated carbocycles. The van der Waals surface area contributed by atoms with Gasteiger partial charge in [0.2, 0.25) is 16.3 Å². The molecule has 0 bridgehead atoms. The minimum atomic E-state index is -5.53. The van der Waals surface area contributed by atoms with Crippen LogP contribution in [0.25, 0.3) is 0 Å². The van der Waals surface area contributed by atoms with Gasteiger partial charge in [0.15, 0.2) is 18.9 Å². The minimum absolute atomic E-state index is 0. The molecule has 1 aliphatic carbocycles. The number of hydrogen-bond acceptors (Lipinski definition) is 20. The van der Waals surface area contributed by atoms with Gasteiger partial charge in [-0.2, -0.15) is 0 Å². The number of aliphatic hydroxyl groups excluding tert-OH is 7. The average Bonchev–Trinajstić information content (AvgIpc) is 3.19. The monoisotopic (exact) mass is 869 g/mol. The number of unbranched alkanes of at least 4 members (excludes halogenated alkanes) is 5. The van der Waals surface area contributed by atoms with Crippen LogP contribution >= 0.6 is 0 Å². The number of carbonyl (C=O) groups is 2. The van der Waals surface area contributed by atoms with Crippen LogP contribution in [0.1, 0.15) is 84.0 Å². The summed E-state index contributed by atoms with van der Waals surface area (Å²) in [7, 11) is -4.19. The third kappa shape index (κ3) is 14.4. The van der Waals surface area contributed by atoms with Gasteiger partial charge >= 0.3 is 35.5 Å². The molecule has 0 aromatic heterocycles. The standard InChI is InChI=1S/C35H61NO20S.Na/c1-18-24(40)26(42)27(43)34(51-18)55-30-23(36-32(45)19-12-8-7-9-13-19)33(50-15-11-6-4-3-5-10-14-22(39)49-2)53-21(17-38)29(30)54-35-28(44)31(56-57(46,47)48)25(41)20(16-37)52-35;/h18-21,23-31,33-35,37-38,40-44H,3-17H2,1-2H3,(H,36,45)(H,46,47,48);/q;+1/p-1/t18-,20+,21+,23+,24+,25-,26+,27-,28+,29+,30+,31-,33+,34-,35-;/m0./s1. The van der Waals surface area contributed by atoms with Gasteiger partial charge in [0.05, 0.1) is 26.4 Å². The van der Waals surface area contributed by atoms with Crippen molar-refractivity contribution in [2.24, 2.45) is 5.92 Å². The SMILES string of the molecule is COC(=O)CCCCCCCCO[C@@H]1O[C@H](CO)[C@@H](O[C@@H]2O[C@H](CO)[C@H](O)[C@H](OS(=O)(=O)[O-])[C@H]2O)[C@H](O[C@@H]2O[C@@H](C)[C@@H](O)[C@@H](O)[C@@H]2O)[C@H]1NC(=O)C1CCCCC1.[Na+]. The fourth-order valence-electron chi connectivity index (χ4n) is 7.55. The van der Waals surface area contributed by atoms with Gasteiger partial charge in [-0.1, -0.05) is 44.9 Å². The molecular formula is C35H60NNaO20S. The Morgan fingerprint density at radius 1 is 0.724 bits per heavy atom. The van der Waals surface area contributed by atoms with E-state index in [2.05, 4.69) is 14.2 Å². The second-order valence-corrected chi connectivity index (χ2v) is 16.0. The summed E-state index contributed by atoms with van der Waals surface area (Å²) in [6, 6.07) is -1.32. The molecule has 3 saturated heterocycles. The number of ether oxygens (including phenoxy) is 7. The Hall–Kier alpha value is -0.710. The molecule has 0 aromatic rings. The van der Waals surface area contributed by atoms with Crippen molar-refractivity contribution in [1.29, 1.82) is 0 Å². The molecular weight excluding hydrogens is 809 g/mol. The van der Waals surface area contributed by atoms with Crippen LogP contribution in [0.2, 0.25) is 0 Å². The Morgan fingerprint density at radius 2 is 1.31 bits per heavy atom. The molecule has 4 rings (SSSR count). The van der Waals surface area contributed by atoms with E-state index in [-0.39, 0.29) is 42.1 Å². The molecule has 21 nitrogen and oxygen atoms in total. The zero-order valence-electron chi connectivity index (χ0n) is 33.2. The molecule has 3 aliphatic heterocycles. The number of esters is 1. The summed E-state index contributed by atoms with van der Waals surface area (Å²) < 4.78 is 79.6. The number of hydrogen-bond donors (Lipinski definition) is 8. The molecule has 58 heavy (non-hydrogen) atoms. The third-order valence-corrected chi connectivity index (χ3v) is 11.3. The quantitative estimate of drug-likeness (QED) is 0.0186. The van der Waals surface area contributed by atoms with E-state index in [1.54, 1.807) is 0 Å². The Kier molecular flexibility index (Phi) is 22.1. The van der Waals surface area contributed by atoms with E-state index in [9.17, 15) is 58.3 Å². The van der Waals surface area contributed by atoms with Crippen molar-refractivity contribution in [2.45, 2.75) is 176 Å². The van der Waals surface area contributed by atoms with Crippen molar-refractivity contribution in [2.75, 3.05) is 26.9 Å². The molecule has 1 amide bonds. The topological polar surface area (TPSA) is 319 Å². The Labute approximate surface area is 360 Å². The maximum Gasteiger partial charge on any atom is 1.00 e. The van der Waals surface area contributed by atoms with Crippen LogP contribution in [0.5, 0.6) is 0 Å². The Morgan fingerprint density at radius 3 is 1.93 bits per heavy atom. The van der Waals surface area contributed by atoms with E-state index >= 15 is 0 Å². The van der Waals surface area contributed by atoms with Crippen LogP contribution in [0.4, 0.5) is 0 Å². The fourth-order valence-corrected chi connectivity index (χ4v) is 8.05. The second kappa shape index (κ2) is 24.8. The molecule has 0 unspecified atom stereocenters. The number of nitrogens with one attached hydrogen (secondary N) is 1. The van der Waals surface area contributed by atoms with Gasteiger partial charge in [0.25, 0.3) is 0 Å². The first-order chi connectivity index (χ1) is 27.1. The maximum atomic E-state index is 13.8. The Balaban J connectivity index is 0.00000900. The number of amides is 1. The van der Waals surface area contributed by atoms with Gasteiger partial charge in [-0.3, -0.25) is 13.8 Å². The fraction of sp³-hybridized carbons (Fsp3) is 0.943. The van der Waals surface area contributed by atoms with Gasteiger partial charge < -0.3 is 78.8 Å². The van der Waals surface area contributed by atoms with Crippen molar-refractivity contribution in [3.05, 3.63) is 0 Å². The molecule has 4 aliphatic rings. The van der Waals surface area contributed by atoms with Gasteiger partial charge in [-0.25, -0.2) is 8.42 Å². The Bertz CT molecular complexity index is 1350. The first-order valence-electron chi connectivity index (χ1n) is 19.6. The zero-order chi connectivity index (χ0) is 41.9. The van der Waals surface area contributed by atoms with Crippen LogP contribution in [0.3, 0.4) is 0 Å². The number of carbonyl (C=O) groups excluding carboxylic acids is 2. The summed E-state index contributed by atoms with van der Waals surface area (Å²) in [5.74, 6) is -1.09. The van der Waals surface area contributed by atoms with E-state index < -0.39 is 127 Å². The normalized spacial score (nSPS) is 37.4. The molecule has 0 radical (unpaired) electrons. The maximum absolute atomic E-state index is 13.8. The summed E-state index contributed by atoms with van der Waals surface area (Å²) in [6.45, 7) is -0.267. The molecule has 0 aromatic carbocycles. The van der Waals surface area contributed by atoms with E-state index in [4.69, 9.17) is 28.4 Å². The van der Waals surface area contributed by atoms with Gasteiger partial charge in [-0.15, -0.1) is 0 Å². The van der Waals surface area contributed by atoms with Gasteiger partial charge in [0.1, 0.15) is 67.1 Å². The predicted octanol–water partition coefficient (Wildman–Crippen LogP) is -5.42. The zero-order valence-corrected chi connectivity index (χ0v) is 36.0. The molecule has 332 valence electrons. The number of methoxy groups -OCH3 is 1. The van der Waals surface area contributed by atoms with Crippen LogP contribution in [-0.4, -0.2) is 180 Å². The first kappa shape index (κ1) is 51.6. The smallest absolute Gasteiger partial charge is 0.726 e. The third-order valence-electron chi connectivity index (χ3n) is 10.8. The van der Waals surface area contributed by atoms with Crippen LogP contribution in [0.15, 0.2) is 0 Å². The van der Waals surface area contributed by atoms with Crippen molar-refractivity contribution in [3.63, 3.8) is 0 Å². The summed E-state index contributed by atoms with van der Waals surface area (Å²) in [5, 5.41) is 77.1. The molecule has 3 heterocycles. The molecule has 4 fully saturated rings. The van der Waals surface area contributed by atoms with Crippen LogP contribution in [-0.2, 0) is 57.3 Å². The molecule has 0 spiro atoms. The second-order valence-electron chi connectivity index (χ2n) is 15.0. The van der Waals surface area contributed by atoms with Crippen LogP contribution < -0.4 is 34.9 Å². The van der Waals surface area contributed by atoms with E-state index in [0.29, 0.717) is 32.1 Å². The van der Waals surface area contributed by atoms with E-state index in [1.807, 2.05) is 0 Å². The van der Waals surface area contributed by atoms with Crippen molar-refractivity contribution < 1.29 is 125 Å². The average molecular weight is 870 g/mol. The van der Waals surface area contributed by atoms with Crippen molar-refractivity contribution in [3.8, 4) is 0 Å². The van der Waals surface area contributed by atoms with E-state index in [0.717, 1.165) is 44.9 Å². The predicted molar refractivity (Wildman–Crippen MR) is 189 cm³/mol. The summed E-state index contributed by atoms with van der Waals surface area (Å²) in [6.07, 6.45) is -15.5. The molecule has 15 atom stereocenters. The summed E-state index contributed by atoms with van der Waals surface area (Å²) in [4.78, 5) is 25.2. The molecule has 8 N–H and O–H groups in total. The minimum Gasteiger partial charge on any atom is -0.726 e. The first-order valence-corrected chi connectivity index (χ1v) is 21.0. The number of rotatable bonds is 20. The van der Waals surface area contributed by atoms with Gasteiger partial charge in [-0.05, 0) is 32.6 Å². The molecule has 23 heteroatoms. The summed E-state index contributed by atoms with van der Waals surface area (Å²) in [5.41, 5.74) is 0.